The molecular formula is C15H22N2O3. The third-order valence-electron chi connectivity index (χ3n) is 3.13. The van der Waals surface area contributed by atoms with Crippen LogP contribution < -0.4 is 10.6 Å². The van der Waals surface area contributed by atoms with Gasteiger partial charge in [0.05, 0.1) is 0 Å². The number of aliphatic carboxylic acids is 1. The van der Waals surface area contributed by atoms with Crippen LogP contribution in [0.3, 0.4) is 0 Å². The van der Waals surface area contributed by atoms with Crippen LogP contribution >= 0.6 is 0 Å². The molecule has 0 bridgehead atoms. The molecule has 0 saturated heterocycles. The van der Waals surface area contributed by atoms with Gasteiger partial charge in [-0.1, -0.05) is 32.0 Å². The van der Waals surface area contributed by atoms with Crippen molar-refractivity contribution in [3.05, 3.63) is 30.3 Å². The third kappa shape index (κ3) is 6.78. The first-order chi connectivity index (χ1) is 9.39. The Balaban J connectivity index is 2.26. The van der Waals surface area contributed by atoms with Gasteiger partial charge in [-0.2, -0.15) is 0 Å². The second-order valence-electron chi connectivity index (χ2n) is 5.55. The Kier molecular flexibility index (Phi) is 6.03. The average molecular weight is 278 g/mol. The van der Waals surface area contributed by atoms with Crippen molar-refractivity contribution in [1.29, 1.82) is 0 Å². The van der Waals surface area contributed by atoms with Gasteiger partial charge >= 0.3 is 12.0 Å². The van der Waals surface area contributed by atoms with Crippen molar-refractivity contribution in [2.45, 2.75) is 33.1 Å². The molecule has 1 rings (SSSR count). The number of carboxylic acids is 1. The summed E-state index contributed by atoms with van der Waals surface area (Å²) in [5.74, 6) is -0.784. The van der Waals surface area contributed by atoms with Gasteiger partial charge in [-0.15, -0.1) is 0 Å². The number of hydrogen-bond donors (Lipinski definition) is 3. The third-order valence-corrected chi connectivity index (χ3v) is 3.13. The fraction of sp³-hybridized carbons (Fsp3) is 0.467. The van der Waals surface area contributed by atoms with Crippen LogP contribution in [0.5, 0.6) is 0 Å². The first-order valence-electron chi connectivity index (χ1n) is 6.71. The van der Waals surface area contributed by atoms with E-state index >= 15 is 0 Å². The fourth-order valence-corrected chi connectivity index (χ4v) is 1.78. The molecule has 0 aliphatic carbocycles. The van der Waals surface area contributed by atoms with E-state index in [9.17, 15) is 9.59 Å². The highest BCUT2D eigenvalue weighted by Gasteiger charge is 2.19. The predicted molar refractivity (Wildman–Crippen MR) is 78.7 cm³/mol. The van der Waals surface area contributed by atoms with Crippen LogP contribution in [0.4, 0.5) is 10.5 Å². The molecule has 0 spiro atoms. The minimum Gasteiger partial charge on any atom is -0.481 e. The summed E-state index contributed by atoms with van der Waals surface area (Å²) in [5.41, 5.74) is 0.647. The molecule has 0 unspecified atom stereocenters. The summed E-state index contributed by atoms with van der Waals surface area (Å²) in [6.07, 6.45) is 1.50. The number of carboxylic acid groups (broad SMARTS) is 1. The number of urea groups is 1. The molecule has 0 saturated carbocycles. The average Bonchev–Trinajstić information content (AvgIpc) is 2.37. The summed E-state index contributed by atoms with van der Waals surface area (Å²) in [6, 6.07) is 8.97. The molecule has 2 amide bonds. The second-order valence-corrected chi connectivity index (χ2v) is 5.55. The maximum Gasteiger partial charge on any atom is 0.319 e. The topological polar surface area (TPSA) is 78.4 Å². The summed E-state index contributed by atoms with van der Waals surface area (Å²) < 4.78 is 0. The van der Waals surface area contributed by atoms with Crippen molar-refractivity contribution in [1.82, 2.24) is 5.32 Å². The number of nitrogens with one attached hydrogen (secondary N) is 2. The van der Waals surface area contributed by atoms with E-state index < -0.39 is 5.97 Å². The lowest BCUT2D eigenvalue weighted by Gasteiger charge is -2.23. The Hall–Kier alpha value is -2.04. The SMILES string of the molecule is CC(C)(CCNC(=O)Nc1ccccc1)CCC(=O)O. The standard InChI is InChI=1S/C15H22N2O3/c1-15(2,9-8-13(18)19)10-11-16-14(20)17-12-6-4-3-5-7-12/h3-7H,8-11H2,1-2H3,(H,18,19)(H2,16,17,20). The number of anilines is 1. The van der Waals surface area contributed by atoms with E-state index in [4.69, 9.17) is 5.11 Å². The molecule has 0 radical (unpaired) electrons. The van der Waals surface area contributed by atoms with Gasteiger partial charge in [-0.05, 0) is 30.4 Å². The van der Waals surface area contributed by atoms with Gasteiger partial charge in [0, 0.05) is 18.7 Å². The van der Waals surface area contributed by atoms with Crippen LogP contribution in [0.1, 0.15) is 33.1 Å². The van der Waals surface area contributed by atoms with E-state index in [-0.39, 0.29) is 17.9 Å². The molecule has 1 aromatic rings. The minimum atomic E-state index is -0.784. The molecule has 0 fully saturated rings. The number of benzene rings is 1. The minimum absolute atomic E-state index is 0.0988. The molecule has 0 aromatic heterocycles. The molecule has 1 aromatic carbocycles. The van der Waals surface area contributed by atoms with Crippen molar-refractivity contribution in [3.8, 4) is 0 Å². The Morgan fingerprint density at radius 2 is 1.80 bits per heavy atom. The summed E-state index contributed by atoms with van der Waals surface area (Å²) in [7, 11) is 0. The molecule has 0 aliphatic rings. The fourth-order valence-electron chi connectivity index (χ4n) is 1.78. The van der Waals surface area contributed by atoms with E-state index in [1.54, 1.807) is 0 Å². The van der Waals surface area contributed by atoms with Crippen molar-refractivity contribution >= 4 is 17.7 Å². The van der Waals surface area contributed by atoms with Gasteiger partial charge in [0.1, 0.15) is 0 Å². The van der Waals surface area contributed by atoms with Crippen LogP contribution in [0.15, 0.2) is 30.3 Å². The summed E-state index contributed by atoms with van der Waals surface area (Å²) >= 11 is 0. The lowest BCUT2D eigenvalue weighted by atomic mass is 9.84. The van der Waals surface area contributed by atoms with Crippen molar-refractivity contribution in [2.24, 2.45) is 5.41 Å². The molecule has 3 N–H and O–H groups in total. The van der Waals surface area contributed by atoms with Crippen LogP contribution in [0, 0.1) is 5.41 Å². The Morgan fingerprint density at radius 1 is 1.15 bits per heavy atom. The van der Waals surface area contributed by atoms with E-state index in [0.29, 0.717) is 13.0 Å². The molecule has 0 heterocycles. The normalized spacial score (nSPS) is 10.9. The van der Waals surface area contributed by atoms with Crippen LogP contribution in [-0.2, 0) is 4.79 Å². The van der Waals surface area contributed by atoms with Crippen LogP contribution in [-0.4, -0.2) is 23.7 Å². The highest BCUT2D eigenvalue weighted by Crippen LogP contribution is 2.25. The van der Waals surface area contributed by atoms with Crippen molar-refractivity contribution in [3.63, 3.8) is 0 Å². The second kappa shape index (κ2) is 7.53. The molecule has 110 valence electrons. The largest absolute Gasteiger partial charge is 0.481 e. The quantitative estimate of drug-likeness (QED) is 0.717. The number of rotatable bonds is 7. The van der Waals surface area contributed by atoms with E-state index in [1.165, 1.54) is 0 Å². The van der Waals surface area contributed by atoms with Gasteiger partial charge < -0.3 is 15.7 Å². The summed E-state index contributed by atoms with van der Waals surface area (Å²) in [4.78, 5) is 22.2. The Bertz CT molecular complexity index is 444. The smallest absolute Gasteiger partial charge is 0.319 e. The molecule has 20 heavy (non-hydrogen) atoms. The number of hydrogen-bond acceptors (Lipinski definition) is 2. The van der Waals surface area contributed by atoms with Crippen LogP contribution in [0.25, 0.3) is 0 Å². The van der Waals surface area contributed by atoms with Gasteiger partial charge in [0.15, 0.2) is 0 Å². The van der Waals surface area contributed by atoms with Gasteiger partial charge in [-0.25, -0.2) is 4.79 Å². The number of amides is 2. The predicted octanol–water partition coefficient (Wildman–Crippen LogP) is 3.09. The maximum absolute atomic E-state index is 11.6. The van der Waals surface area contributed by atoms with Gasteiger partial charge in [0.25, 0.3) is 0 Å². The lowest BCUT2D eigenvalue weighted by Crippen LogP contribution is -2.32. The maximum atomic E-state index is 11.6. The molecule has 0 aliphatic heterocycles. The first kappa shape index (κ1) is 16.0. The Labute approximate surface area is 119 Å². The number of carbonyl (C=O) groups is 2. The van der Waals surface area contributed by atoms with E-state index in [0.717, 1.165) is 12.1 Å². The summed E-state index contributed by atoms with van der Waals surface area (Å²) in [5, 5.41) is 14.2. The zero-order chi connectivity index (χ0) is 15.0. The molecule has 5 heteroatoms. The molecule has 0 atom stereocenters. The van der Waals surface area contributed by atoms with Gasteiger partial charge in [-0.3, -0.25) is 4.79 Å². The lowest BCUT2D eigenvalue weighted by molar-refractivity contribution is -0.137. The monoisotopic (exact) mass is 278 g/mol. The van der Waals surface area contributed by atoms with Crippen molar-refractivity contribution < 1.29 is 14.7 Å². The Morgan fingerprint density at radius 3 is 2.40 bits per heavy atom. The number of carbonyl (C=O) groups excluding carboxylic acids is 1. The summed E-state index contributed by atoms with van der Waals surface area (Å²) in [6.45, 7) is 4.53. The van der Waals surface area contributed by atoms with E-state index in [1.807, 2.05) is 44.2 Å². The first-order valence-corrected chi connectivity index (χ1v) is 6.71. The molecule has 5 nitrogen and oxygen atoms in total. The van der Waals surface area contributed by atoms with Gasteiger partial charge in [0.2, 0.25) is 0 Å². The zero-order valence-electron chi connectivity index (χ0n) is 12.0. The van der Waals surface area contributed by atoms with Crippen LogP contribution in [0.2, 0.25) is 0 Å². The highest BCUT2D eigenvalue weighted by molar-refractivity contribution is 5.89. The highest BCUT2D eigenvalue weighted by atomic mass is 16.4. The molecular weight excluding hydrogens is 256 g/mol. The van der Waals surface area contributed by atoms with E-state index in [2.05, 4.69) is 10.6 Å². The zero-order valence-corrected chi connectivity index (χ0v) is 12.0. The van der Waals surface area contributed by atoms with Crippen molar-refractivity contribution in [2.75, 3.05) is 11.9 Å². The number of para-hydroxylation sites is 1.